The molecule has 0 bridgehead atoms. The largest absolute Gasteiger partial charge is 0.449 e. The number of oxazole rings is 1. The van der Waals surface area contributed by atoms with Crippen LogP contribution in [-0.4, -0.2) is 32.3 Å². The monoisotopic (exact) mass is 535 g/mol. The fourth-order valence-electron chi connectivity index (χ4n) is 4.80. The maximum absolute atomic E-state index is 12.6. The number of carbonyl (C=O) groups is 1. The molecule has 0 aliphatic heterocycles. The van der Waals surface area contributed by atoms with Gasteiger partial charge in [-0.15, -0.1) is 0 Å². The van der Waals surface area contributed by atoms with Crippen LogP contribution < -0.4 is 5.32 Å². The van der Waals surface area contributed by atoms with Crippen LogP contribution in [-0.2, 0) is 25.9 Å². The van der Waals surface area contributed by atoms with Crippen LogP contribution in [0.1, 0.15) is 57.5 Å². The first kappa shape index (κ1) is 25.4. The molecule has 3 heterocycles. The minimum Gasteiger partial charge on any atom is -0.449 e. The summed E-state index contributed by atoms with van der Waals surface area (Å²) in [4.78, 5) is 28.0. The SMILES string of the molecule is O=C(NCc1ccc(CN(CCc2ncco2)C2CCCc3cccnc32)cc1)c1c(Cl)cncc1Cl. The summed E-state index contributed by atoms with van der Waals surface area (Å²) in [5, 5.41) is 3.34. The van der Waals surface area contributed by atoms with Crippen molar-refractivity contribution in [3.05, 3.63) is 111 Å². The van der Waals surface area contributed by atoms with Crippen molar-refractivity contribution in [1.82, 2.24) is 25.2 Å². The number of pyridine rings is 2. The topological polar surface area (TPSA) is 84.2 Å². The number of halogens is 2. The van der Waals surface area contributed by atoms with Gasteiger partial charge in [-0.1, -0.05) is 53.5 Å². The van der Waals surface area contributed by atoms with E-state index < -0.39 is 0 Å². The Bertz CT molecular complexity index is 1320. The molecule has 1 amide bonds. The third kappa shape index (κ3) is 6.18. The zero-order valence-electron chi connectivity index (χ0n) is 20.2. The predicted molar refractivity (Wildman–Crippen MR) is 142 cm³/mol. The van der Waals surface area contributed by atoms with E-state index in [-0.39, 0.29) is 27.6 Å². The molecular formula is C28H27Cl2N5O2. The zero-order chi connectivity index (χ0) is 25.6. The van der Waals surface area contributed by atoms with Crippen molar-refractivity contribution in [3.63, 3.8) is 0 Å². The van der Waals surface area contributed by atoms with Crippen LogP contribution in [0.25, 0.3) is 0 Å². The average molecular weight is 536 g/mol. The highest BCUT2D eigenvalue weighted by atomic mass is 35.5. The van der Waals surface area contributed by atoms with Crippen LogP contribution in [0.2, 0.25) is 10.0 Å². The van der Waals surface area contributed by atoms with E-state index in [9.17, 15) is 4.79 Å². The van der Waals surface area contributed by atoms with Crippen molar-refractivity contribution in [2.24, 2.45) is 0 Å². The van der Waals surface area contributed by atoms with Gasteiger partial charge in [-0.3, -0.25) is 19.7 Å². The number of fused-ring (bicyclic) bond motifs is 1. The van der Waals surface area contributed by atoms with E-state index in [1.165, 1.54) is 29.2 Å². The molecule has 37 heavy (non-hydrogen) atoms. The summed E-state index contributed by atoms with van der Waals surface area (Å²) >= 11 is 12.2. The van der Waals surface area contributed by atoms with Gasteiger partial charge in [0.05, 0.1) is 33.5 Å². The number of carbonyl (C=O) groups excluding carboxylic acids is 1. The third-order valence-corrected chi connectivity index (χ3v) is 7.22. The van der Waals surface area contributed by atoms with E-state index in [1.54, 1.807) is 12.5 Å². The molecular weight excluding hydrogens is 509 g/mol. The van der Waals surface area contributed by atoms with Crippen LogP contribution in [0.3, 0.4) is 0 Å². The maximum Gasteiger partial charge on any atom is 0.254 e. The van der Waals surface area contributed by atoms with Gasteiger partial charge in [0, 0.05) is 44.6 Å². The lowest BCUT2D eigenvalue weighted by atomic mass is 9.90. The molecule has 7 nitrogen and oxygen atoms in total. The van der Waals surface area contributed by atoms with Gasteiger partial charge >= 0.3 is 0 Å². The van der Waals surface area contributed by atoms with Crippen molar-refractivity contribution in [1.29, 1.82) is 0 Å². The first-order valence-corrected chi connectivity index (χ1v) is 13.1. The molecule has 0 fully saturated rings. The molecule has 9 heteroatoms. The summed E-state index contributed by atoms with van der Waals surface area (Å²) in [5.41, 5.74) is 4.91. The highest BCUT2D eigenvalue weighted by Gasteiger charge is 2.27. The second-order valence-electron chi connectivity index (χ2n) is 9.08. The Balaban J connectivity index is 1.27. The predicted octanol–water partition coefficient (Wildman–Crippen LogP) is 5.82. The molecule has 0 spiro atoms. The summed E-state index contributed by atoms with van der Waals surface area (Å²) in [5.74, 6) is 0.408. The van der Waals surface area contributed by atoms with Crippen molar-refractivity contribution in [2.45, 2.75) is 44.8 Å². The fraction of sp³-hybridized carbons (Fsp3) is 0.286. The summed E-state index contributed by atoms with van der Waals surface area (Å²) in [7, 11) is 0. The van der Waals surface area contributed by atoms with E-state index in [2.05, 4.69) is 38.4 Å². The summed E-state index contributed by atoms with van der Waals surface area (Å²) in [6.45, 7) is 1.95. The number of aromatic nitrogens is 3. The molecule has 1 unspecified atom stereocenters. The lowest BCUT2D eigenvalue weighted by Crippen LogP contribution is -2.33. The van der Waals surface area contributed by atoms with Crippen LogP contribution >= 0.6 is 23.2 Å². The second kappa shape index (κ2) is 11.9. The Morgan fingerprint density at radius 1 is 1.05 bits per heavy atom. The van der Waals surface area contributed by atoms with Crippen LogP contribution in [0, 0.1) is 0 Å². The number of hydrogen-bond donors (Lipinski definition) is 1. The number of rotatable bonds is 9. The van der Waals surface area contributed by atoms with Gasteiger partial charge in [0.15, 0.2) is 5.89 Å². The van der Waals surface area contributed by atoms with Gasteiger partial charge in [0.25, 0.3) is 5.91 Å². The highest BCUT2D eigenvalue weighted by molar-refractivity contribution is 6.39. The quantitative estimate of drug-likeness (QED) is 0.290. The Labute approximate surface area is 225 Å². The molecule has 0 saturated heterocycles. The highest BCUT2D eigenvalue weighted by Crippen LogP contribution is 2.34. The van der Waals surface area contributed by atoms with Crippen LogP contribution in [0.5, 0.6) is 0 Å². The van der Waals surface area contributed by atoms with Crippen molar-refractivity contribution in [3.8, 4) is 0 Å². The number of nitrogens with zero attached hydrogens (tertiary/aromatic N) is 4. The summed E-state index contributed by atoms with van der Waals surface area (Å²) in [6.07, 6.45) is 12.0. The fourth-order valence-corrected chi connectivity index (χ4v) is 5.33. The molecule has 0 radical (unpaired) electrons. The molecule has 3 aromatic heterocycles. The maximum atomic E-state index is 12.6. The van der Waals surface area contributed by atoms with Crippen LogP contribution in [0.15, 0.2) is 71.9 Å². The molecule has 1 aliphatic rings. The van der Waals surface area contributed by atoms with Gasteiger partial charge in [-0.25, -0.2) is 4.98 Å². The Morgan fingerprint density at radius 3 is 2.59 bits per heavy atom. The van der Waals surface area contributed by atoms with Crippen LogP contribution in [0.4, 0.5) is 0 Å². The van der Waals surface area contributed by atoms with Crippen molar-refractivity contribution in [2.75, 3.05) is 6.54 Å². The molecule has 1 aliphatic carbocycles. The van der Waals surface area contributed by atoms with Gasteiger partial charge in [0.2, 0.25) is 0 Å². The molecule has 1 atom stereocenters. The molecule has 190 valence electrons. The Hall–Kier alpha value is -3.26. The molecule has 0 saturated carbocycles. The second-order valence-corrected chi connectivity index (χ2v) is 9.89. The first-order valence-electron chi connectivity index (χ1n) is 12.3. The average Bonchev–Trinajstić information content (AvgIpc) is 3.44. The summed E-state index contributed by atoms with van der Waals surface area (Å²) in [6, 6.07) is 12.7. The zero-order valence-corrected chi connectivity index (χ0v) is 21.8. The number of aryl methyl sites for hydroxylation is 1. The molecule has 4 aromatic rings. The number of benzene rings is 1. The van der Waals surface area contributed by atoms with Gasteiger partial charge in [-0.2, -0.15) is 0 Å². The lowest BCUT2D eigenvalue weighted by molar-refractivity contribution is 0.0951. The lowest BCUT2D eigenvalue weighted by Gasteiger charge is -2.35. The molecule has 1 aromatic carbocycles. The van der Waals surface area contributed by atoms with Gasteiger partial charge < -0.3 is 9.73 Å². The smallest absolute Gasteiger partial charge is 0.254 e. The first-order chi connectivity index (χ1) is 18.1. The Kier molecular flexibility index (Phi) is 8.14. The third-order valence-electron chi connectivity index (χ3n) is 6.64. The van der Waals surface area contributed by atoms with Crippen molar-refractivity contribution < 1.29 is 9.21 Å². The van der Waals surface area contributed by atoms with E-state index in [0.717, 1.165) is 50.2 Å². The van der Waals surface area contributed by atoms with Crippen molar-refractivity contribution >= 4 is 29.1 Å². The van der Waals surface area contributed by atoms with Gasteiger partial charge in [-0.05, 0) is 42.0 Å². The van der Waals surface area contributed by atoms with E-state index in [1.807, 2.05) is 24.4 Å². The number of amides is 1. The summed E-state index contributed by atoms with van der Waals surface area (Å²) < 4.78 is 5.49. The Morgan fingerprint density at radius 2 is 1.84 bits per heavy atom. The standard InChI is InChI=1S/C28H27Cl2N5O2/c29-22-16-31-17-23(30)26(22)28(36)34-15-19-6-8-20(9-7-19)18-35(13-10-25-32-12-14-37-25)24-5-1-3-21-4-2-11-33-27(21)24/h2,4,6-9,11-12,14,16-17,24H,1,3,5,10,13,15,18H2,(H,34,36). The number of nitrogens with one attached hydrogen (secondary N) is 1. The normalized spacial score (nSPS) is 14.9. The molecule has 5 rings (SSSR count). The minimum absolute atomic E-state index is 0.226. The number of hydrogen-bond acceptors (Lipinski definition) is 6. The molecule has 1 N–H and O–H groups in total. The minimum atomic E-state index is -0.331. The van der Waals surface area contributed by atoms with Gasteiger partial charge in [0.1, 0.15) is 6.26 Å². The van der Waals surface area contributed by atoms with E-state index >= 15 is 0 Å². The van der Waals surface area contributed by atoms with E-state index in [4.69, 9.17) is 32.6 Å². The van der Waals surface area contributed by atoms with E-state index in [0.29, 0.717) is 6.54 Å².